The number of Topliss-reactive ketones (excluding diaryl/α,β-unsaturated/α-hetero) is 1. The highest BCUT2D eigenvalue weighted by Crippen LogP contribution is 2.15. The summed E-state index contributed by atoms with van der Waals surface area (Å²) in [7, 11) is 0. The number of benzene rings is 1. The minimum atomic E-state index is -0.196. The number of nitrogens with one attached hydrogen (secondary N) is 1. The molecule has 1 aromatic heterocycles. The fraction of sp³-hybridized carbons (Fsp3) is 0.294. The molecule has 2 rings (SSSR count). The van der Waals surface area contributed by atoms with Crippen LogP contribution in [0.25, 0.3) is 0 Å². The van der Waals surface area contributed by atoms with E-state index in [1.54, 1.807) is 12.1 Å². The first kappa shape index (κ1) is 15.0. The molecule has 4 heteroatoms. The summed E-state index contributed by atoms with van der Waals surface area (Å²) in [5, 5.41) is 2.83. The molecule has 0 spiro atoms. The van der Waals surface area contributed by atoms with Gasteiger partial charge in [0.25, 0.3) is 0 Å². The minimum Gasteiger partial charge on any atom is -0.464 e. The highest BCUT2D eigenvalue weighted by molar-refractivity contribution is 5.97. The predicted molar refractivity (Wildman–Crippen MR) is 80.0 cm³/mol. The summed E-state index contributed by atoms with van der Waals surface area (Å²) in [6.07, 6.45) is 0.386. The van der Waals surface area contributed by atoms with Crippen molar-refractivity contribution in [1.29, 1.82) is 0 Å². The molecule has 0 fully saturated rings. The second-order valence-corrected chi connectivity index (χ2v) is 5.03. The van der Waals surface area contributed by atoms with Crippen LogP contribution in [0.4, 0.5) is 0 Å². The Morgan fingerprint density at radius 2 is 1.81 bits per heavy atom. The molecular weight excluding hydrogens is 266 g/mol. The Morgan fingerprint density at radius 1 is 1.10 bits per heavy atom. The van der Waals surface area contributed by atoms with E-state index >= 15 is 0 Å². The van der Waals surface area contributed by atoms with Crippen molar-refractivity contribution >= 4 is 11.7 Å². The van der Waals surface area contributed by atoms with Crippen molar-refractivity contribution in [1.82, 2.24) is 5.32 Å². The maximum Gasteiger partial charge on any atom is 0.221 e. The molecule has 2 aromatic rings. The molecular formula is C17H19NO3. The molecule has 1 amide bonds. The number of furan rings is 1. The van der Waals surface area contributed by atoms with Crippen LogP contribution in [-0.2, 0) is 4.79 Å². The van der Waals surface area contributed by atoms with E-state index < -0.39 is 0 Å². The fourth-order valence-corrected chi connectivity index (χ4v) is 2.07. The van der Waals surface area contributed by atoms with Crippen molar-refractivity contribution in [3.63, 3.8) is 0 Å². The van der Waals surface area contributed by atoms with Gasteiger partial charge in [0.1, 0.15) is 11.5 Å². The molecule has 1 heterocycles. The average Bonchev–Trinajstić information content (AvgIpc) is 2.92. The van der Waals surface area contributed by atoms with E-state index in [1.165, 1.54) is 0 Å². The lowest BCUT2D eigenvalue weighted by molar-refractivity contribution is -0.121. The Hall–Kier alpha value is -2.36. The summed E-state index contributed by atoms with van der Waals surface area (Å²) in [6.45, 7) is 3.71. The molecule has 0 saturated heterocycles. The van der Waals surface area contributed by atoms with E-state index in [4.69, 9.17) is 4.42 Å². The molecule has 21 heavy (non-hydrogen) atoms. The first-order chi connectivity index (χ1) is 10.1. The van der Waals surface area contributed by atoms with Gasteiger partial charge in [-0.2, -0.15) is 0 Å². The van der Waals surface area contributed by atoms with E-state index in [0.717, 1.165) is 11.5 Å². The van der Waals surface area contributed by atoms with Gasteiger partial charge in [0.05, 0.1) is 6.04 Å². The topological polar surface area (TPSA) is 59.3 Å². The quantitative estimate of drug-likeness (QED) is 0.827. The van der Waals surface area contributed by atoms with Crippen molar-refractivity contribution < 1.29 is 14.0 Å². The smallest absolute Gasteiger partial charge is 0.221 e. The van der Waals surface area contributed by atoms with E-state index in [1.807, 2.05) is 44.2 Å². The molecule has 0 bridgehead atoms. The Labute approximate surface area is 124 Å². The molecule has 110 valence electrons. The van der Waals surface area contributed by atoms with Crippen LogP contribution in [-0.4, -0.2) is 11.7 Å². The Bertz CT molecular complexity index is 616. The second-order valence-electron chi connectivity index (χ2n) is 5.03. The van der Waals surface area contributed by atoms with Gasteiger partial charge in [-0.05, 0) is 26.0 Å². The third kappa shape index (κ3) is 4.31. The molecule has 1 aromatic carbocycles. The van der Waals surface area contributed by atoms with E-state index in [2.05, 4.69) is 5.32 Å². The Kier molecular flexibility index (Phi) is 4.93. The van der Waals surface area contributed by atoms with Crippen LogP contribution >= 0.6 is 0 Å². The van der Waals surface area contributed by atoms with Crippen LogP contribution in [0, 0.1) is 6.92 Å². The lowest BCUT2D eigenvalue weighted by atomic mass is 10.1. The van der Waals surface area contributed by atoms with Gasteiger partial charge in [0, 0.05) is 18.4 Å². The summed E-state index contributed by atoms with van der Waals surface area (Å²) in [5.74, 6) is 1.36. The zero-order chi connectivity index (χ0) is 15.2. The standard InChI is InChI=1S/C17H19NO3/c1-12-8-10-16(21-12)13(2)18-17(20)11-9-15(19)14-6-4-3-5-7-14/h3-8,10,13H,9,11H2,1-2H3,(H,18,20). The monoisotopic (exact) mass is 285 g/mol. The van der Waals surface area contributed by atoms with Gasteiger partial charge >= 0.3 is 0 Å². The number of carbonyl (C=O) groups is 2. The fourth-order valence-electron chi connectivity index (χ4n) is 2.07. The lowest BCUT2D eigenvalue weighted by Gasteiger charge is -2.11. The van der Waals surface area contributed by atoms with Gasteiger partial charge in [-0.1, -0.05) is 30.3 Å². The summed E-state index contributed by atoms with van der Waals surface area (Å²) < 4.78 is 5.46. The zero-order valence-electron chi connectivity index (χ0n) is 12.3. The number of hydrogen-bond acceptors (Lipinski definition) is 3. The molecule has 0 saturated carbocycles. The van der Waals surface area contributed by atoms with Crippen molar-refractivity contribution in [3.8, 4) is 0 Å². The van der Waals surface area contributed by atoms with Crippen molar-refractivity contribution in [3.05, 3.63) is 59.5 Å². The van der Waals surface area contributed by atoms with Gasteiger partial charge in [0.15, 0.2) is 5.78 Å². The van der Waals surface area contributed by atoms with Crippen LogP contribution in [0.2, 0.25) is 0 Å². The first-order valence-corrected chi connectivity index (χ1v) is 7.00. The SMILES string of the molecule is Cc1ccc(C(C)NC(=O)CCC(=O)c2ccccc2)o1. The number of amides is 1. The van der Waals surface area contributed by atoms with Gasteiger partial charge < -0.3 is 9.73 Å². The van der Waals surface area contributed by atoms with Gasteiger partial charge in [0.2, 0.25) is 5.91 Å². The minimum absolute atomic E-state index is 0.0211. The molecule has 0 aliphatic rings. The number of rotatable bonds is 6. The van der Waals surface area contributed by atoms with Crippen LogP contribution in [0.5, 0.6) is 0 Å². The summed E-state index contributed by atoms with van der Waals surface area (Å²) in [4.78, 5) is 23.8. The maximum absolute atomic E-state index is 11.9. The summed E-state index contributed by atoms with van der Waals surface area (Å²) in [5.41, 5.74) is 0.639. The van der Waals surface area contributed by atoms with Crippen LogP contribution in [0.3, 0.4) is 0 Å². The lowest BCUT2D eigenvalue weighted by Crippen LogP contribution is -2.26. The third-order valence-corrected chi connectivity index (χ3v) is 3.24. The van der Waals surface area contributed by atoms with Crippen molar-refractivity contribution in [2.45, 2.75) is 32.7 Å². The van der Waals surface area contributed by atoms with Crippen LogP contribution < -0.4 is 5.32 Å². The zero-order valence-corrected chi connectivity index (χ0v) is 12.3. The molecule has 1 N–H and O–H groups in total. The first-order valence-electron chi connectivity index (χ1n) is 7.00. The highest BCUT2D eigenvalue weighted by atomic mass is 16.3. The number of ketones is 1. The average molecular weight is 285 g/mol. The Morgan fingerprint density at radius 3 is 2.43 bits per heavy atom. The number of aryl methyl sites for hydroxylation is 1. The number of carbonyl (C=O) groups excluding carboxylic acids is 2. The maximum atomic E-state index is 11.9. The summed E-state index contributed by atoms with van der Waals surface area (Å²) >= 11 is 0. The molecule has 1 atom stereocenters. The van der Waals surface area contributed by atoms with Crippen LogP contribution in [0.15, 0.2) is 46.9 Å². The number of hydrogen-bond donors (Lipinski definition) is 1. The Balaban J connectivity index is 1.81. The van der Waals surface area contributed by atoms with Gasteiger partial charge in [-0.3, -0.25) is 9.59 Å². The predicted octanol–water partition coefficient (Wildman–Crippen LogP) is 3.43. The van der Waals surface area contributed by atoms with Gasteiger partial charge in [-0.25, -0.2) is 0 Å². The summed E-state index contributed by atoms with van der Waals surface area (Å²) in [6, 6.07) is 12.5. The van der Waals surface area contributed by atoms with E-state index in [-0.39, 0.29) is 30.6 Å². The molecule has 0 aliphatic carbocycles. The van der Waals surface area contributed by atoms with E-state index in [0.29, 0.717) is 5.56 Å². The van der Waals surface area contributed by atoms with E-state index in [9.17, 15) is 9.59 Å². The molecule has 1 unspecified atom stereocenters. The highest BCUT2D eigenvalue weighted by Gasteiger charge is 2.14. The largest absolute Gasteiger partial charge is 0.464 e. The molecule has 0 radical (unpaired) electrons. The van der Waals surface area contributed by atoms with Crippen molar-refractivity contribution in [2.24, 2.45) is 0 Å². The van der Waals surface area contributed by atoms with Crippen LogP contribution in [0.1, 0.15) is 47.7 Å². The second kappa shape index (κ2) is 6.88. The van der Waals surface area contributed by atoms with Crippen molar-refractivity contribution in [2.75, 3.05) is 0 Å². The van der Waals surface area contributed by atoms with Gasteiger partial charge in [-0.15, -0.1) is 0 Å². The third-order valence-electron chi connectivity index (χ3n) is 3.24. The molecule has 0 aliphatic heterocycles. The normalized spacial score (nSPS) is 11.9. The molecule has 4 nitrogen and oxygen atoms in total.